The summed E-state index contributed by atoms with van der Waals surface area (Å²) < 4.78 is 0. The van der Waals surface area contributed by atoms with Gasteiger partial charge < -0.3 is 0 Å². The van der Waals surface area contributed by atoms with Crippen molar-refractivity contribution in [3.05, 3.63) is 36.0 Å². The van der Waals surface area contributed by atoms with E-state index in [1.165, 1.54) is 0 Å². The van der Waals surface area contributed by atoms with Gasteiger partial charge in [0.2, 0.25) is 0 Å². The SMILES string of the molecule is C=C/C=C(CCC)\C(=C/C)C(=O)C(C)CC. The van der Waals surface area contributed by atoms with Crippen molar-refractivity contribution in [2.75, 3.05) is 0 Å². The first-order chi connectivity index (χ1) is 7.62. The van der Waals surface area contributed by atoms with E-state index in [1.807, 2.05) is 32.9 Å². The average molecular weight is 220 g/mol. The average Bonchev–Trinajstić information content (AvgIpc) is 2.29. The standard InChI is InChI=1S/C15H24O/c1-6-10-13(11-7-2)14(9-4)15(16)12(5)8-3/h6,9-10,12H,1,7-8,11H2,2-5H3/b13-10-,14-9+. The van der Waals surface area contributed by atoms with E-state index in [-0.39, 0.29) is 11.7 Å². The summed E-state index contributed by atoms with van der Waals surface area (Å²) in [5.41, 5.74) is 1.99. The fourth-order valence-corrected chi connectivity index (χ4v) is 1.66. The highest BCUT2D eigenvalue weighted by Crippen LogP contribution is 2.21. The summed E-state index contributed by atoms with van der Waals surface area (Å²) in [6.45, 7) is 11.8. The molecule has 0 radical (unpaired) electrons. The van der Waals surface area contributed by atoms with Gasteiger partial charge in [0.15, 0.2) is 5.78 Å². The van der Waals surface area contributed by atoms with Gasteiger partial charge in [0, 0.05) is 11.5 Å². The molecule has 1 heteroatoms. The lowest BCUT2D eigenvalue weighted by Gasteiger charge is -2.13. The van der Waals surface area contributed by atoms with Crippen LogP contribution in [0.1, 0.15) is 47.0 Å². The van der Waals surface area contributed by atoms with Gasteiger partial charge >= 0.3 is 0 Å². The quantitative estimate of drug-likeness (QED) is 0.457. The molecule has 0 amide bonds. The van der Waals surface area contributed by atoms with Crippen LogP contribution in [0, 0.1) is 5.92 Å². The lowest BCUT2D eigenvalue weighted by atomic mass is 9.90. The Labute approximate surface area is 99.9 Å². The largest absolute Gasteiger partial charge is 0.294 e. The second-order valence-corrected chi connectivity index (χ2v) is 4.05. The lowest BCUT2D eigenvalue weighted by molar-refractivity contribution is -0.118. The molecule has 0 aromatic rings. The first kappa shape index (κ1) is 14.9. The minimum atomic E-state index is 0.108. The topological polar surface area (TPSA) is 17.1 Å². The maximum Gasteiger partial charge on any atom is 0.165 e. The van der Waals surface area contributed by atoms with Crippen molar-refractivity contribution in [1.82, 2.24) is 0 Å². The van der Waals surface area contributed by atoms with Gasteiger partial charge in [-0.25, -0.2) is 0 Å². The zero-order valence-corrected chi connectivity index (χ0v) is 11.0. The van der Waals surface area contributed by atoms with Crippen LogP contribution in [0.4, 0.5) is 0 Å². The van der Waals surface area contributed by atoms with Crippen LogP contribution < -0.4 is 0 Å². The minimum Gasteiger partial charge on any atom is -0.294 e. The zero-order valence-electron chi connectivity index (χ0n) is 11.0. The molecule has 16 heavy (non-hydrogen) atoms. The minimum absolute atomic E-state index is 0.108. The molecule has 0 spiro atoms. The molecule has 0 saturated heterocycles. The van der Waals surface area contributed by atoms with Gasteiger partial charge in [0.25, 0.3) is 0 Å². The Balaban J connectivity index is 5.03. The van der Waals surface area contributed by atoms with E-state index >= 15 is 0 Å². The maximum atomic E-state index is 12.2. The summed E-state index contributed by atoms with van der Waals surface area (Å²) in [6.07, 6.45) is 8.53. The van der Waals surface area contributed by atoms with E-state index in [0.29, 0.717) is 0 Å². The number of carbonyl (C=O) groups excluding carboxylic acids is 1. The van der Waals surface area contributed by atoms with Gasteiger partial charge in [0.1, 0.15) is 0 Å². The van der Waals surface area contributed by atoms with Crippen LogP contribution in [-0.2, 0) is 4.79 Å². The summed E-state index contributed by atoms with van der Waals surface area (Å²) in [4.78, 5) is 12.2. The van der Waals surface area contributed by atoms with Gasteiger partial charge in [-0.2, -0.15) is 0 Å². The molecule has 90 valence electrons. The molecule has 1 unspecified atom stereocenters. The van der Waals surface area contributed by atoms with Crippen molar-refractivity contribution in [2.24, 2.45) is 5.92 Å². The van der Waals surface area contributed by atoms with Crippen LogP contribution in [0.15, 0.2) is 36.0 Å². The van der Waals surface area contributed by atoms with E-state index in [4.69, 9.17) is 0 Å². The second kappa shape index (κ2) is 8.09. The van der Waals surface area contributed by atoms with E-state index in [1.54, 1.807) is 6.08 Å². The predicted molar refractivity (Wildman–Crippen MR) is 71.4 cm³/mol. The van der Waals surface area contributed by atoms with Gasteiger partial charge in [0.05, 0.1) is 0 Å². The first-order valence-electron chi connectivity index (χ1n) is 6.14. The van der Waals surface area contributed by atoms with E-state index in [2.05, 4.69) is 13.5 Å². The predicted octanol–water partition coefficient (Wildman–Crippen LogP) is 4.46. The van der Waals surface area contributed by atoms with Crippen molar-refractivity contribution in [2.45, 2.75) is 47.0 Å². The summed E-state index contributed by atoms with van der Waals surface area (Å²) in [5, 5.41) is 0. The Bertz CT molecular complexity index is 295. The van der Waals surface area contributed by atoms with Crippen molar-refractivity contribution in [1.29, 1.82) is 0 Å². The smallest absolute Gasteiger partial charge is 0.165 e. The molecule has 0 fully saturated rings. The summed E-state index contributed by atoms with van der Waals surface area (Å²) in [5.74, 6) is 0.364. The molecule has 0 aromatic carbocycles. The molecular weight excluding hydrogens is 196 g/mol. The van der Waals surface area contributed by atoms with Crippen LogP contribution in [0.5, 0.6) is 0 Å². The number of allylic oxidation sites excluding steroid dienone is 5. The van der Waals surface area contributed by atoms with Gasteiger partial charge in [-0.15, -0.1) is 0 Å². The number of hydrogen-bond acceptors (Lipinski definition) is 1. The van der Waals surface area contributed by atoms with Crippen molar-refractivity contribution < 1.29 is 4.79 Å². The summed E-state index contributed by atoms with van der Waals surface area (Å²) >= 11 is 0. The van der Waals surface area contributed by atoms with Gasteiger partial charge in [-0.3, -0.25) is 4.79 Å². The zero-order chi connectivity index (χ0) is 12.6. The van der Waals surface area contributed by atoms with Crippen molar-refractivity contribution in [3.63, 3.8) is 0 Å². The fraction of sp³-hybridized carbons (Fsp3) is 0.533. The Morgan fingerprint density at radius 1 is 1.38 bits per heavy atom. The third-order valence-electron chi connectivity index (χ3n) is 2.80. The van der Waals surface area contributed by atoms with E-state index < -0.39 is 0 Å². The Morgan fingerprint density at radius 3 is 2.38 bits per heavy atom. The third kappa shape index (κ3) is 4.18. The van der Waals surface area contributed by atoms with Crippen LogP contribution in [-0.4, -0.2) is 5.78 Å². The molecule has 0 bridgehead atoms. The molecule has 0 heterocycles. The monoisotopic (exact) mass is 220 g/mol. The Hall–Kier alpha value is -1.11. The summed E-state index contributed by atoms with van der Waals surface area (Å²) in [6, 6.07) is 0. The molecule has 0 aliphatic heterocycles. The number of hydrogen-bond donors (Lipinski definition) is 0. The van der Waals surface area contributed by atoms with E-state index in [0.717, 1.165) is 30.4 Å². The molecule has 1 nitrogen and oxygen atoms in total. The van der Waals surface area contributed by atoms with Crippen LogP contribution >= 0.6 is 0 Å². The van der Waals surface area contributed by atoms with E-state index in [9.17, 15) is 4.79 Å². The van der Waals surface area contributed by atoms with Gasteiger partial charge in [-0.05, 0) is 25.3 Å². The number of carbonyl (C=O) groups is 1. The fourth-order valence-electron chi connectivity index (χ4n) is 1.66. The second-order valence-electron chi connectivity index (χ2n) is 4.05. The van der Waals surface area contributed by atoms with Gasteiger partial charge in [-0.1, -0.05) is 52.0 Å². The Morgan fingerprint density at radius 2 is 2.00 bits per heavy atom. The van der Waals surface area contributed by atoms with Crippen LogP contribution in [0.2, 0.25) is 0 Å². The lowest BCUT2D eigenvalue weighted by Crippen LogP contribution is -2.14. The highest BCUT2D eigenvalue weighted by atomic mass is 16.1. The molecule has 1 atom stereocenters. The normalized spacial score (nSPS) is 14.8. The van der Waals surface area contributed by atoms with Crippen LogP contribution in [0.3, 0.4) is 0 Å². The summed E-state index contributed by atoms with van der Waals surface area (Å²) in [7, 11) is 0. The molecule has 0 aliphatic rings. The molecule has 0 aliphatic carbocycles. The number of ketones is 1. The highest BCUT2D eigenvalue weighted by Gasteiger charge is 2.17. The number of Topliss-reactive ketones (excluding diaryl/α,β-unsaturated/α-hetero) is 1. The number of rotatable bonds is 7. The molecular formula is C15H24O. The molecule has 0 saturated carbocycles. The molecule has 0 N–H and O–H groups in total. The highest BCUT2D eigenvalue weighted by molar-refractivity contribution is 6.00. The third-order valence-corrected chi connectivity index (χ3v) is 2.80. The molecule has 0 rings (SSSR count). The Kier molecular flexibility index (Phi) is 7.53. The molecule has 0 aromatic heterocycles. The van der Waals surface area contributed by atoms with Crippen molar-refractivity contribution in [3.8, 4) is 0 Å². The van der Waals surface area contributed by atoms with Crippen molar-refractivity contribution >= 4 is 5.78 Å². The maximum absolute atomic E-state index is 12.2. The first-order valence-corrected chi connectivity index (χ1v) is 6.14. The van der Waals surface area contributed by atoms with Crippen LogP contribution in [0.25, 0.3) is 0 Å².